The molecule has 0 saturated heterocycles. The molecule has 3 aromatic carbocycles. The van der Waals surface area contributed by atoms with Crippen LogP contribution in [0.25, 0.3) is 0 Å². The minimum atomic E-state index is -4.03. The second-order valence-electron chi connectivity index (χ2n) is 8.00. The highest BCUT2D eigenvalue weighted by Gasteiger charge is 2.27. The van der Waals surface area contributed by atoms with Crippen LogP contribution in [0.3, 0.4) is 0 Å². The Kier molecular flexibility index (Phi) is 6.45. The topological polar surface area (TPSA) is 63.7 Å². The van der Waals surface area contributed by atoms with E-state index in [-0.39, 0.29) is 17.0 Å². The van der Waals surface area contributed by atoms with Gasteiger partial charge in [-0.2, -0.15) is 0 Å². The summed E-state index contributed by atoms with van der Waals surface area (Å²) in [6.45, 7) is 5.32. The van der Waals surface area contributed by atoms with Crippen LogP contribution < -0.4 is 4.31 Å². The van der Waals surface area contributed by atoms with Gasteiger partial charge in [0.25, 0.3) is 10.0 Å². The van der Waals surface area contributed by atoms with E-state index in [1.807, 2.05) is 30.3 Å². The summed E-state index contributed by atoms with van der Waals surface area (Å²) in [4.78, 5) is 12.5. The summed E-state index contributed by atoms with van der Waals surface area (Å²) >= 11 is 0. The average molecular weight is 442 g/mol. The van der Waals surface area contributed by atoms with Gasteiger partial charge < -0.3 is 4.74 Å². The van der Waals surface area contributed by atoms with Crippen LogP contribution in [0.5, 0.6) is 0 Å². The lowest BCUT2D eigenvalue weighted by atomic mass is 10.1. The minimum absolute atomic E-state index is 0.0400. The number of hydrogen-bond donors (Lipinski definition) is 0. The van der Waals surface area contributed by atoms with Gasteiger partial charge in [-0.05, 0) is 68.8 Å². The molecule has 31 heavy (non-hydrogen) atoms. The molecule has 0 heterocycles. The fraction of sp³-hybridized carbons (Fsp3) is 0.208. The number of esters is 1. The Hall–Kier alpha value is -3.19. The van der Waals surface area contributed by atoms with Crippen LogP contribution in [0.15, 0.2) is 83.8 Å². The van der Waals surface area contributed by atoms with E-state index in [0.29, 0.717) is 5.69 Å². The number of rotatable bonds is 6. The van der Waals surface area contributed by atoms with Crippen molar-refractivity contribution in [1.29, 1.82) is 0 Å². The Morgan fingerprint density at radius 2 is 1.58 bits per heavy atom. The number of benzene rings is 3. The number of sulfonamides is 1. The van der Waals surface area contributed by atoms with Gasteiger partial charge in [0.1, 0.15) is 11.4 Å². The Labute approximate surface area is 182 Å². The van der Waals surface area contributed by atoms with Gasteiger partial charge in [-0.3, -0.25) is 4.31 Å². The Morgan fingerprint density at radius 1 is 0.935 bits per heavy atom. The zero-order valence-corrected chi connectivity index (χ0v) is 18.4. The lowest BCUT2D eigenvalue weighted by Crippen LogP contribution is -2.31. The van der Waals surface area contributed by atoms with Gasteiger partial charge in [-0.25, -0.2) is 17.6 Å². The molecule has 0 unspecified atom stereocenters. The second kappa shape index (κ2) is 8.89. The number of carbonyl (C=O) groups is 1. The summed E-state index contributed by atoms with van der Waals surface area (Å²) in [7, 11) is -4.03. The quantitative estimate of drug-likeness (QED) is 0.495. The third kappa shape index (κ3) is 5.70. The molecule has 0 aliphatic carbocycles. The molecule has 0 N–H and O–H groups in total. The molecule has 3 rings (SSSR count). The van der Waals surface area contributed by atoms with E-state index < -0.39 is 27.4 Å². The second-order valence-corrected chi connectivity index (χ2v) is 9.87. The predicted octanol–water partition coefficient (Wildman–Crippen LogP) is 5.18. The molecule has 162 valence electrons. The van der Waals surface area contributed by atoms with E-state index in [0.717, 1.165) is 17.7 Å². The molecular formula is C24H24FNO4S. The molecule has 0 spiro atoms. The van der Waals surface area contributed by atoms with Gasteiger partial charge in [0, 0.05) is 0 Å². The van der Waals surface area contributed by atoms with Crippen molar-refractivity contribution in [2.45, 2.75) is 37.8 Å². The van der Waals surface area contributed by atoms with E-state index in [1.165, 1.54) is 22.5 Å². The van der Waals surface area contributed by atoms with Crippen molar-refractivity contribution in [3.8, 4) is 0 Å². The first-order valence-electron chi connectivity index (χ1n) is 9.72. The van der Waals surface area contributed by atoms with Crippen LogP contribution in [-0.2, 0) is 21.3 Å². The zero-order valence-electron chi connectivity index (χ0n) is 17.6. The van der Waals surface area contributed by atoms with Crippen molar-refractivity contribution in [2.24, 2.45) is 0 Å². The molecule has 0 aromatic heterocycles. The van der Waals surface area contributed by atoms with Crippen molar-refractivity contribution < 1.29 is 22.3 Å². The van der Waals surface area contributed by atoms with Crippen LogP contribution in [0, 0.1) is 5.82 Å². The normalized spacial score (nSPS) is 11.7. The van der Waals surface area contributed by atoms with Crippen molar-refractivity contribution >= 4 is 21.7 Å². The smallest absolute Gasteiger partial charge is 0.338 e. The molecule has 5 nitrogen and oxygen atoms in total. The van der Waals surface area contributed by atoms with Crippen molar-refractivity contribution in [2.75, 3.05) is 4.31 Å². The Morgan fingerprint density at radius 3 is 2.19 bits per heavy atom. The highest BCUT2D eigenvalue weighted by molar-refractivity contribution is 7.92. The van der Waals surface area contributed by atoms with Gasteiger partial charge >= 0.3 is 5.97 Å². The monoisotopic (exact) mass is 441 g/mol. The number of anilines is 1. The van der Waals surface area contributed by atoms with E-state index >= 15 is 0 Å². The fourth-order valence-corrected chi connectivity index (χ4v) is 4.37. The van der Waals surface area contributed by atoms with Crippen LogP contribution in [-0.4, -0.2) is 20.0 Å². The molecular weight excluding hydrogens is 417 g/mol. The molecule has 0 saturated carbocycles. The summed E-state index contributed by atoms with van der Waals surface area (Å²) in [6, 6.07) is 20.0. The molecule has 0 bridgehead atoms. The Balaban J connectivity index is 2.06. The van der Waals surface area contributed by atoms with E-state index in [4.69, 9.17) is 4.74 Å². The molecule has 0 aliphatic heterocycles. The first kappa shape index (κ1) is 22.5. The maximum atomic E-state index is 13.4. The minimum Gasteiger partial charge on any atom is -0.456 e. The van der Waals surface area contributed by atoms with Gasteiger partial charge in [-0.15, -0.1) is 0 Å². The van der Waals surface area contributed by atoms with E-state index in [2.05, 4.69) is 0 Å². The van der Waals surface area contributed by atoms with Gasteiger partial charge in [0.15, 0.2) is 0 Å². The standard InChI is InChI=1S/C24H24FNO4S/c1-24(2,3)30-23(27)19-10-7-11-21(16-19)26(17-18-8-5-4-6-9-18)31(28,29)22-14-12-20(25)13-15-22/h4-16H,17H2,1-3H3. The van der Waals surface area contributed by atoms with Crippen molar-refractivity contribution in [3.05, 3.63) is 95.8 Å². The Bertz CT molecular complexity index is 1150. The highest BCUT2D eigenvalue weighted by Crippen LogP contribution is 2.27. The van der Waals surface area contributed by atoms with Gasteiger partial charge in [0.2, 0.25) is 0 Å². The third-order valence-electron chi connectivity index (χ3n) is 4.34. The van der Waals surface area contributed by atoms with Crippen LogP contribution >= 0.6 is 0 Å². The summed E-state index contributed by atoms with van der Waals surface area (Å²) < 4.78 is 46.9. The van der Waals surface area contributed by atoms with Gasteiger partial charge in [0.05, 0.1) is 22.7 Å². The molecule has 0 fully saturated rings. The van der Waals surface area contributed by atoms with E-state index in [1.54, 1.807) is 39.0 Å². The number of hydrogen-bond acceptors (Lipinski definition) is 4. The largest absolute Gasteiger partial charge is 0.456 e. The number of carbonyl (C=O) groups excluding carboxylic acids is 1. The number of halogens is 1. The molecule has 0 amide bonds. The molecule has 0 radical (unpaired) electrons. The maximum absolute atomic E-state index is 13.4. The summed E-state index contributed by atoms with van der Waals surface area (Å²) in [5.74, 6) is -1.08. The molecule has 3 aromatic rings. The molecule has 0 aliphatic rings. The number of ether oxygens (including phenoxy) is 1. The first-order chi connectivity index (χ1) is 14.6. The van der Waals surface area contributed by atoms with Crippen molar-refractivity contribution in [1.82, 2.24) is 0 Å². The van der Waals surface area contributed by atoms with Crippen LogP contribution in [0.1, 0.15) is 36.7 Å². The summed E-state index contributed by atoms with van der Waals surface area (Å²) in [6.07, 6.45) is 0. The molecule has 7 heteroatoms. The zero-order chi connectivity index (χ0) is 22.6. The number of nitrogens with zero attached hydrogens (tertiary/aromatic N) is 1. The lowest BCUT2D eigenvalue weighted by molar-refractivity contribution is 0.00695. The van der Waals surface area contributed by atoms with Crippen LogP contribution in [0.2, 0.25) is 0 Å². The van der Waals surface area contributed by atoms with Gasteiger partial charge in [-0.1, -0.05) is 36.4 Å². The predicted molar refractivity (Wildman–Crippen MR) is 118 cm³/mol. The first-order valence-corrected chi connectivity index (χ1v) is 11.2. The summed E-state index contributed by atoms with van der Waals surface area (Å²) in [5.41, 5.74) is 0.615. The lowest BCUT2D eigenvalue weighted by Gasteiger charge is -2.25. The third-order valence-corrected chi connectivity index (χ3v) is 6.13. The average Bonchev–Trinajstić information content (AvgIpc) is 2.72. The maximum Gasteiger partial charge on any atom is 0.338 e. The highest BCUT2D eigenvalue weighted by atomic mass is 32.2. The fourth-order valence-electron chi connectivity index (χ4n) is 2.92. The van der Waals surface area contributed by atoms with Crippen LogP contribution in [0.4, 0.5) is 10.1 Å². The van der Waals surface area contributed by atoms with E-state index in [9.17, 15) is 17.6 Å². The summed E-state index contributed by atoms with van der Waals surface area (Å²) in [5, 5.41) is 0. The van der Waals surface area contributed by atoms with Crippen molar-refractivity contribution in [3.63, 3.8) is 0 Å². The molecule has 0 atom stereocenters. The SMILES string of the molecule is CC(C)(C)OC(=O)c1cccc(N(Cc2ccccc2)S(=O)(=O)c2ccc(F)cc2)c1.